The van der Waals surface area contributed by atoms with Gasteiger partial charge in [0.2, 0.25) is 5.60 Å². The molecule has 0 aliphatic rings. The predicted octanol–water partition coefficient (Wildman–Crippen LogP) is 4.84. The zero-order valence-corrected chi connectivity index (χ0v) is 15.8. The van der Waals surface area contributed by atoms with Crippen molar-refractivity contribution in [2.75, 3.05) is 0 Å². The number of nitriles is 1. The lowest BCUT2D eigenvalue weighted by molar-refractivity contribution is -0.149. The number of carbonyl (C=O) groups is 1. The van der Waals surface area contributed by atoms with Crippen LogP contribution in [0.2, 0.25) is 0 Å². The van der Waals surface area contributed by atoms with E-state index in [4.69, 9.17) is 22.2 Å². The number of esters is 1. The van der Waals surface area contributed by atoms with Crippen molar-refractivity contribution >= 4 is 35.0 Å². The van der Waals surface area contributed by atoms with Crippen LogP contribution in [0.1, 0.15) is 25.0 Å². The van der Waals surface area contributed by atoms with Crippen LogP contribution >= 0.6 is 24.8 Å². The van der Waals surface area contributed by atoms with E-state index in [-0.39, 0.29) is 5.57 Å². The van der Waals surface area contributed by atoms with Crippen LogP contribution < -0.4 is 0 Å². The van der Waals surface area contributed by atoms with Gasteiger partial charge in [-0.25, -0.2) is 4.79 Å². The van der Waals surface area contributed by atoms with Crippen LogP contribution in [-0.4, -0.2) is 10.2 Å². The molecule has 0 bridgehead atoms. The maximum atomic E-state index is 11.4. The Morgan fingerprint density at radius 2 is 1.64 bits per heavy atom. The summed E-state index contributed by atoms with van der Waals surface area (Å²) in [5.41, 5.74) is 0.664. The number of benzene rings is 2. The molecule has 2 aromatic rings. The second-order valence-electron chi connectivity index (χ2n) is 5.35. The quantitative estimate of drug-likeness (QED) is 0.363. The van der Waals surface area contributed by atoms with Gasteiger partial charge in [0.1, 0.15) is 6.07 Å². The summed E-state index contributed by atoms with van der Waals surface area (Å²) in [4.78, 5) is 11.4. The van der Waals surface area contributed by atoms with Gasteiger partial charge in [-0.1, -0.05) is 79.5 Å². The molecule has 0 radical (unpaired) electrons. The van der Waals surface area contributed by atoms with E-state index in [9.17, 15) is 4.79 Å². The molecule has 25 heavy (non-hydrogen) atoms. The van der Waals surface area contributed by atoms with Crippen LogP contribution in [0.3, 0.4) is 0 Å². The summed E-state index contributed by atoms with van der Waals surface area (Å²) in [7, 11) is 0. The Bertz CT molecular complexity index is 782. The second kappa shape index (κ2) is 9.77. The first-order chi connectivity index (χ1) is 11.8. The van der Waals surface area contributed by atoms with Crippen molar-refractivity contribution in [2.24, 2.45) is 0 Å². The Hall–Kier alpha value is -2.42. The minimum Gasteiger partial charge on any atom is -0.436 e. The maximum Gasteiger partial charge on any atom is 0.334 e. The van der Waals surface area contributed by atoms with Gasteiger partial charge in [-0.3, -0.25) is 0 Å². The molecule has 0 N–H and O–H groups in total. The number of nitrogens with zero attached hydrogens (tertiary/aromatic N) is 1. The summed E-state index contributed by atoms with van der Waals surface area (Å²) in [6, 6.07) is 20.6. The van der Waals surface area contributed by atoms with Gasteiger partial charge in [0, 0.05) is 11.1 Å². The zero-order valence-electron chi connectivity index (χ0n) is 14.1. The molecule has 0 spiro atoms. The molecule has 0 aliphatic carbocycles. The van der Waals surface area contributed by atoms with Crippen molar-refractivity contribution < 1.29 is 9.53 Å². The second-order valence-corrected chi connectivity index (χ2v) is 6.51. The third kappa shape index (κ3) is 6.54. The molecular formula is C20H19NO2S2. The zero-order chi connectivity index (χ0) is 18.9. The van der Waals surface area contributed by atoms with E-state index in [1.54, 1.807) is 38.1 Å². The van der Waals surface area contributed by atoms with E-state index in [0.29, 0.717) is 9.76 Å². The van der Waals surface area contributed by atoms with Gasteiger partial charge in [-0.2, -0.15) is 5.26 Å². The van der Waals surface area contributed by atoms with Crippen molar-refractivity contribution in [3.8, 4) is 6.07 Å². The molecule has 2 aromatic carbocycles. The van der Waals surface area contributed by atoms with E-state index in [1.807, 2.05) is 42.5 Å². The standard InChI is InChI=1S/C13H13NO2.C7H6S2/c1-10(2)12(15)16-13(3,9-14)11-7-5-4-6-8-11;8-7(9)6-4-2-1-3-5-6/h4-8H,1H2,2-3H3;1-5H,(H,8,9). The third-order valence-corrected chi connectivity index (χ3v) is 3.70. The van der Waals surface area contributed by atoms with Crippen LogP contribution in [0.4, 0.5) is 0 Å². The third-order valence-electron chi connectivity index (χ3n) is 3.20. The van der Waals surface area contributed by atoms with Crippen LogP contribution in [0.5, 0.6) is 0 Å². The molecule has 0 saturated carbocycles. The molecule has 0 aromatic heterocycles. The highest BCUT2D eigenvalue weighted by Crippen LogP contribution is 2.25. The van der Waals surface area contributed by atoms with Gasteiger partial charge >= 0.3 is 5.97 Å². The van der Waals surface area contributed by atoms with Gasteiger partial charge in [0.15, 0.2) is 0 Å². The Balaban J connectivity index is 0.000000293. The van der Waals surface area contributed by atoms with Crippen molar-refractivity contribution in [3.05, 3.63) is 83.9 Å². The SMILES string of the molecule is C=C(C)C(=O)OC(C)(C#N)c1ccccc1.S=C(S)c1ccccc1. The average molecular weight is 370 g/mol. The smallest absolute Gasteiger partial charge is 0.334 e. The number of hydrogen-bond donors (Lipinski definition) is 1. The van der Waals surface area contributed by atoms with Crippen molar-refractivity contribution in [2.45, 2.75) is 19.4 Å². The maximum absolute atomic E-state index is 11.4. The highest BCUT2D eigenvalue weighted by Gasteiger charge is 2.30. The molecule has 1 unspecified atom stereocenters. The summed E-state index contributed by atoms with van der Waals surface area (Å²) in [5.74, 6) is -0.562. The van der Waals surface area contributed by atoms with E-state index in [1.165, 1.54) is 0 Å². The van der Waals surface area contributed by atoms with Gasteiger partial charge in [-0.05, 0) is 19.4 Å². The summed E-state index contributed by atoms with van der Waals surface area (Å²) < 4.78 is 5.78. The minimum atomic E-state index is -1.27. The van der Waals surface area contributed by atoms with Crippen molar-refractivity contribution in [3.63, 3.8) is 0 Å². The van der Waals surface area contributed by atoms with E-state index >= 15 is 0 Å². The molecule has 0 saturated heterocycles. The summed E-state index contributed by atoms with van der Waals surface area (Å²) in [6.07, 6.45) is 0. The first-order valence-corrected chi connectivity index (χ1v) is 8.29. The van der Waals surface area contributed by atoms with E-state index in [0.717, 1.165) is 5.56 Å². The van der Waals surface area contributed by atoms with Gasteiger partial charge in [-0.15, -0.1) is 12.6 Å². The van der Waals surface area contributed by atoms with Gasteiger partial charge in [0.05, 0.1) is 4.20 Å². The average Bonchev–Trinajstić information content (AvgIpc) is 2.63. The first kappa shape index (κ1) is 20.6. The number of thiocarbonyl (C=S) groups is 1. The molecule has 0 fully saturated rings. The molecular weight excluding hydrogens is 350 g/mol. The van der Waals surface area contributed by atoms with Gasteiger partial charge < -0.3 is 4.74 Å². The number of ether oxygens (including phenoxy) is 1. The Morgan fingerprint density at radius 1 is 1.16 bits per heavy atom. The Kier molecular flexibility index (Phi) is 8.06. The van der Waals surface area contributed by atoms with Gasteiger partial charge in [0.25, 0.3) is 0 Å². The molecule has 2 rings (SSSR count). The highest BCUT2D eigenvalue weighted by atomic mass is 32.1. The largest absolute Gasteiger partial charge is 0.436 e. The fraction of sp³-hybridized carbons (Fsp3) is 0.150. The predicted molar refractivity (Wildman–Crippen MR) is 107 cm³/mol. The number of thiol groups is 1. The first-order valence-electron chi connectivity index (χ1n) is 7.44. The Morgan fingerprint density at radius 3 is 2.00 bits per heavy atom. The molecule has 0 amide bonds. The van der Waals surface area contributed by atoms with E-state index in [2.05, 4.69) is 19.2 Å². The molecule has 3 nitrogen and oxygen atoms in total. The van der Waals surface area contributed by atoms with Crippen LogP contribution in [-0.2, 0) is 15.1 Å². The Labute approximate surface area is 159 Å². The normalized spacial score (nSPS) is 11.8. The molecule has 128 valence electrons. The van der Waals surface area contributed by atoms with Crippen LogP contribution in [0, 0.1) is 11.3 Å². The summed E-state index contributed by atoms with van der Waals surface area (Å²) in [6.45, 7) is 6.59. The van der Waals surface area contributed by atoms with Crippen molar-refractivity contribution in [1.29, 1.82) is 5.26 Å². The van der Waals surface area contributed by atoms with Crippen molar-refractivity contribution in [1.82, 2.24) is 0 Å². The van der Waals surface area contributed by atoms with E-state index < -0.39 is 11.6 Å². The molecule has 0 aliphatic heterocycles. The molecule has 5 heteroatoms. The summed E-state index contributed by atoms with van der Waals surface area (Å²) in [5, 5.41) is 9.11. The minimum absolute atomic E-state index is 0.275. The van der Waals surface area contributed by atoms with Crippen LogP contribution in [0.15, 0.2) is 72.8 Å². The fourth-order valence-corrected chi connectivity index (χ4v) is 2.04. The monoisotopic (exact) mass is 369 g/mol. The lowest BCUT2D eigenvalue weighted by Gasteiger charge is -2.22. The fourth-order valence-electron chi connectivity index (χ4n) is 1.76. The topological polar surface area (TPSA) is 50.1 Å². The van der Waals surface area contributed by atoms with Crippen LogP contribution in [0.25, 0.3) is 0 Å². The summed E-state index contributed by atoms with van der Waals surface area (Å²) >= 11 is 8.85. The lowest BCUT2D eigenvalue weighted by Crippen LogP contribution is -2.27. The number of rotatable bonds is 4. The number of carbonyl (C=O) groups excluding carboxylic acids is 1. The lowest BCUT2D eigenvalue weighted by atomic mass is 9.97. The number of hydrogen-bond acceptors (Lipinski definition) is 4. The molecule has 1 atom stereocenters. The highest BCUT2D eigenvalue weighted by molar-refractivity contribution is 8.11. The molecule has 0 heterocycles.